The largest absolute Gasteiger partial charge is 0.385 e. The van der Waals surface area contributed by atoms with E-state index >= 15 is 0 Å². The zero-order valence-corrected chi connectivity index (χ0v) is 14.1. The van der Waals surface area contributed by atoms with Gasteiger partial charge in [0.15, 0.2) is 0 Å². The maximum absolute atomic E-state index is 5.21. The zero-order valence-electron chi connectivity index (χ0n) is 14.1. The summed E-state index contributed by atoms with van der Waals surface area (Å²) >= 11 is 0. The number of nitrogens with zero attached hydrogens (tertiary/aromatic N) is 3. The lowest BCUT2D eigenvalue weighted by atomic mass is 10.1. The molecule has 0 bridgehead atoms. The molecule has 24 heavy (non-hydrogen) atoms. The first kappa shape index (κ1) is 16.6. The van der Waals surface area contributed by atoms with Crippen molar-refractivity contribution < 1.29 is 4.74 Å². The number of para-hydroxylation sites is 1. The second kappa shape index (κ2) is 8.52. The van der Waals surface area contributed by atoms with Crippen LogP contribution in [-0.2, 0) is 17.8 Å². The maximum Gasteiger partial charge on any atom is 0.0705 e. The summed E-state index contributed by atoms with van der Waals surface area (Å²) in [5, 5.41) is 1.22. The molecule has 2 aromatic heterocycles. The normalized spacial score (nSPS) is 11.2. The summed E-state index contributed by atoms with van der Waals surface area (Å²) in [6, 6.07) is 16.5. The number of rotatable bonds is 8. The number of hydrogen-bond donors (Lipinski definition) is 0. The Morgan fingerprint density at radius 2 is 1.79 bits per heavy atom. The number of aromatic nitrogens is 2. The number of pyridine rings is 2. The van der Waals surface area contributed by atoms with Crippen LogP contribution >= 0.6 is 0 Å². The Bertz CT molecular complexity index is 756. The van der Waals surface area contributed by atoms with Crippen molar-refractivity contribution in [3.05, 3.63) is 72.2 Å². The van der Waals surface area contributed by atoms with Gasteiger partial charge in [-0.2, -0.15) is 0 Å². The Morgan fingerprint density at radius 1 is 0.917 bits per heavy atom. The second-order valence-electron chi connectivity index (χ2n) is 5.87. The Labute approximate surface area is 143 Å². The van der Waals surface area contributed by atoms with Crippen molar-refractivity contribution in [1.29, 1.82) is 0 Å². The number of ether oxygens (including phenoxy) is 1. The van der Waals surface area contributed by atoms with Crippen molar-refractivity contribution in [2.75, 3.05) is 20.3 Å². The minimum atomic E-state index is 0.774. The van der Waals surface area contributed by atoms with Crippen molar-refractivity contribution in [2.45, 2.75) is 19.5 Å². The Balaban J connectivity index is 1.79. The van der Waals surface area contributed by atoms with Crippen molar-refractivity contribution >= 4 is 10.9 Å². The van der Waals surface area contributed by atoms with E-state index in [1.165, 1.54) is 10.9 Å². The molecular formula is C20H23N3O. The quantitative estimate of drug-likeness (QED) is 0.593. The van der Waals surface area contributed by atoms with Gasteiger partial charge in [0.25, 0.3) is 0 Å². The van der Waals surface area contributed by atoms with E-state index < -0.39 is 0 Å². The SMILES string of the molecule is COCCCN(Cc1ccccn1)Cc1ccnc2ccccc12. The highest BCUT2D eigenvalue weighted by Crippen LogP contribution is 2.19. The van der Waals surface area contributed by atoms with Gasteiger partial charge >= 0.3 is 0 Å². The fourth-order valence-electron chi connectivity index (χ4n) is 2.90. The number of benzene rings is 1. The predicted molar refractivity (Wildman–Crippen MR) is 96.6 cm³/mol. The van der Waals surface area contributed by atoms with E-state index in [0.717, 1.165) is 43.9 Å². The smallest absolute Gasteiger partial charge is 0.0705 e. The summed E-state index contributed by atoms with van der Waals surface area (Å²) in [6.45, 7) is 3.46. The lowest BCUT2D eigenvalue weighted by Gasteiger charge is -2.22. The molecule has 0 spiro atoms. The van der Waals surface area contributed by atoms with Crippen molar-refractivity contribution in [1.82, 2.24) is 14.9 Å². The van der Waals surface area contributed by atoms with Crippen LogP contribution in [0.5, 0.6) is 0 Å². The fraction of sp³-hybridized carbons (Fsp3) is 0.300. The highest BCUT2D eigenvalue weighted by molar-refractivity contribution is 5.81. The van der Waals surface area contributed by atoms with Gasteiger partial charge in [-0.15, -0.1) is 0 Å². The molecule has 0 radical (unpaired) electrons. The number of fused-ring (bicyclic) bond motifs is 1. The number of methoxy groups -OCH3 is 1. The average Bonchev–Trinajstić information content (AvgIpc) is 2.63. The molecule has 0 saturated heterocycles. The van der Waals surface area contributed by atoms with E-state index in [9.17, 15) is 0 Å². The van der Waals surface area contributed by atoms with Gasteiger partial charge in [-0.3, -0.25) is 14.9 Å². The van der Waals surface area contributed by atoms with Gasteiger partial charge in [-0.25, -0.2) is 0 Å². The minimum absolute atomic E-state index is 0.774. The number of hydrogen-bond acceptors (Lipinski definition) is 4. The molecule has 2 heterocycles. The van der Waals surface area contributed by atoms with Crippen LogP contribution in [-0.4, -0.2) is 35.1 Å². The standard InChI is InChI=1S/C20H23N3O/c1-24-14-6-13-23(16-18-7-4-5-11-21-18)15-17-10-12-22-20-9-3-2-8-19(17)20/h2-5,7-12H,6,13-16H2,1H3. The van der Waals surface area contributed by atoms with Crippen LogP contribution in [0.2, 0.25) is 0 Å². The van der Waals surface area contributed by atoms with Crippen LogP contribution in [0.25, 0.3) is 10.9 Å². The van der Waals surface area contributed by atoms with Crippen molar-refractivity contribution in [3.63, 3.8) is 0 Å². The van der Waals surface area contributed by atoms with Crippen LogP contribution in [0.3, 0.4) is 0 Å². The third kappa shape index (κ3) is 4.37. The van der Waals surface area contributed by atoms with E-state index in [-0.39, 0.29) is 0 Å². The minimum Gasteiger partial charge on any atom is -0.385 e. The Hall–Kier alpha value is -2.30. The van der Waals surface area contributed by atoms with Crippen LogP contribution in [0.15, 0.2) is 60.9 Å². The van der Waals surface area contributed by atoms with E-state index in [4.69, 9.17) is 4.74 Å². The summed E-state index contributed by atoms with van der Waals surface area (Å²) in [5.41, 5.74) is 3.44. The predicted octanol–water partition coefficient (Wildman–Crippen LogP) is 3.67. The van der Waals surface area contributed by atoms with Gasteiger partial charge in [-0.05, 0) is 36.2 Å². The van der Waals surface area contributed by atoms with Crippen LogP contribution in [0.1, 0.15) is 17.7 Å². The summed E-state index contributed by atoms with van der Waals surface area (Å²) in [7, 11) is 1.75. The molecule has 0 aliphatic heterocycles. The van der Waals surface area contributed by atoms with Gasteiger partial charge in [0.2, 0.25) is 0 Å². The van der Waals surface area contributed by atoms with Gasteiger partial charge in [-0.1, -0.05) is 24.3 Å². The second-order valence-corrected chi connectivity index (χ2v) is 5.87. The summed E-state index contributed by atoms with van der Waals surface area (Å²) in [6.07, 6.45) is 4.75. The first-order valence-corrected chi connectivity index (χ1v) is 8.30. The molecule has 4 nitrogen and oxygen atoms in total. The molecule has 3 rings (SSSR count). The lowest BCUT2D eigenvalue weighted by Crippen LogP contribution is -2.25. The zero-order chi connectivity index (χ0) is 16.6. The highest BCUT2D eigenvalue weighted by Gasteiger charge is 2.10. The molecule has 124 valence electrons. The van der Waals surface area contributed by atoms with Crippen LogP contribution < -0.4 is 0 Å². The van der Waals surface area contributed by atoms with Gasteiger partial charge in [0.05, 0.1) is 11.2 Å². The summed E-state index contributed by atoms with van der Waals surface area (Å²) in [4.78, 5) is 11.3. The third-order valence-corrected chi connectivity index (χ3v) is 4.07. The molecule has 0 saturated carbocycles. The molecule has 0 fully saturated rings. The van der Waals surface area contributed by atoms with E-state index in [1.54, 1.807) is 7.11 Å². The van der Waals surface area contributed by atoms with Gasteiger partial charge < -0.3 is 4.74 Å². The lowest BCUT2D eigenvalue weighted by molar-refractivity contribution is 0.166. The Kier molecular flexibility index (Phi) is 5.88. The molecule has 3 aromatic rings. The van der Waals surface area contributed by atoms with E-state index in [2.05, 4.69) is 45.2 Å². The molecule has 4 heteroatoms. The van der Waals surface area contributed by atoms with Crippen LogP contribution in [0, 0.1) is 0 Å². The van der Waals surface area contributed by atoms with Crippen molar-refractivity contribution in [2.24, 2.45) is 0 Å². The van der Waals surface area contributed by atoms with E-state index in [0.29, 0.717) is 0 Å². The van der Waals surface area contributed by atoms with E-state index in [1.807, 2.05) is 30.6 Å². The molecule has 0 unspecified atom stereocenters. The molecule has 1 aromatic carbocycles. The molecule has 0 aliphatic rings. The summed E-state index contributed by atoms with van der Waals surface area (Å²) < 4.78 is 5.21. The molecule has 0 aliphatic carbocycles. The first-order valence-electron chi connectivity index (χ1n) is 8.30. The van der Waals surface area contributed by atoms with Gasteiger partial charge in [0, 0.05) is 51.1 Å². The summed E-state index contributed by atoms with van der Waals surface area (Å²) in [5.74, 6) is 0. The molecule has 0 amide bonds. The molecule has 0 N–H and O–H groups in total. The first-order chi connectivity index (χ1) is 11.9. The Morgan fingerprint density at radius 3 is 2.62 bits per heavy atom. The topological polar surface area (TPSA) is 38.2 Å². The average molecular weight is 321 g/mol. The third-order valence-electron chi connectivity index (χ3n) is 4.07. The fourth-order valence-corrected chi connectivity index (χ4v) is 2.90. The van der Waals surface area contributed by atoms with Crippen LogP contribution in [0.4, 0.5) is 0 Å². The highest BCUT2D eigenvalue weighted by atomic mass is 16.5. The molecular weight excluding hydrogens is 298 g/mol. The van der Waals surface area contributed by atoms with Gasteiger partial charge in [0.1, 0.15) is 0 Å². The molecule has 0 atom stereocenters. The van der Waals surface area contributed by atoms with Crippen molar-refractivity contribution in [3.8, 4) is 0 Å². The monoisotopic (exact) mass is 321 g/mol. The maximum atomic E-state index is 5.21.